The smallest absolute Gasteiger partial charge is 0.314 e. The Bertz CT molecular complexity index is 363. The second-order valence-corrected chi connectivity index (χ2v) is 2.34. The lowest BCUT2D eigenvalue weighted by atomic mass is 10.3. The molecule has 74 valence electrons. The summed E-state index contributed by atoms with van der Waals surface area (Å²) in [7, 11) is 1.46. The Morgan fingerprint density at radius 3 is 2.38 bits per heavy atom. The molecule has 0 bridgehead atoms. The van der Waals surface area contributed by atoms with Gasteiger partial charge in [-0.15, -0.1) is 0 Å². The summed E-state index contributed by atoms with van der Waals surface area (Å²) in [6.07, 6.45) is 2.11. The third kappa shape index (κ3) is 2.57. The molecule has 0 aliphatic rings. The lowest BCUT2D eigenvalue weighted by molar-refractivity contribution is 0.755. The van der Waals surface area contributed by atoms with Crippen LogP contribution in [0.4, 0.5) is 0 Å². The molecule has 0 saturated heterocycles. The van der Waals surface area contributed by atoms with Gasteiger partial charge in [0.15, 0.2) is 0 Å². The summed E-state index contributed by atoms with van der Waals surface area (Å²) in [6, 6.07) is 0. The van der Waals surface area contributed by atoms with Gasteiger partial charge in [-0.3, -0.25) is 9.36 Å². The quantitative estimate of drug-likeness (QED) is 0.697. The zero-order valence-corrected chi connectivity index (χ0v) is 8.55. The largest absolute Gasteiger partial charge is 0.328 e. The Morgan fingerprint density at radius 2 is 1.92 bits per heavy atom. The molecule has 1 heterocycles. The predicted octanol–water partition coefficient (Wildman–Crippen LogP) is 0.662. The minimum Gasteiger partial charge on any atom is -0.314 e. The summed E-state index contributed by atoms with van der Waals surface area (Å²) in [5.74, 6) is 0. The topological polar surface area (TPSA) is 54.9 Å². The first-order valence-corrected chi connectivity index (χ1v) is 4.44. The van der Waals surface area contributed by atoms with Gasteiger partial charge in [-0.2, -0.15) is 0 Å². The number of aromatic nitrogens is 2. The summed E-state index contributed by atoms with van der Waals surface area (Å²) in [4.78, 5) is 24.4. The molecule has 0 spiro atoms. The van der Waals surface area contributed by atoms with E-state index in [1.165, 1.54) is 13.2 Å². The third-order valence-electron chi connectivity index (χ3n) is 1.63. The average molecular weight is 184 g/mol. The van der Waals surface area contributed by atoms with E-state index in [0.717, 1.165) is 4.57 Å². The van der Waals surface area contributed by atoms with Crippen molar-refractivity contribution in [1.82, 2.24) is 9.55 Å². The van der Waals surface area contributed by atoms with Gasteiger partial charge in [-0.05, 0) is 6.42 Å². The van der Waals surface area contributed by atoms with Gasteiger partial charge in [-0.1, -0.05) is 20.8 Å². The van der Waals surface area contributed by atoms with E-state index < -0.39 is 0 Å². The third-order valence-corrected chi connectivity index (χ3v) is 1.63. The lowest BCUT2D eigenvalue weighted by Crippen LogP contribution is -2.34. The molecule has 0 aromatic carbocycles. The minimum absolute atomic E-state index is 0.212. The van der Waals surface area contributed by atoms with E-state index in [-0.39, 0.29) is 11.2 Å². The number of hydrogen-bond donors (Lipinski definition) is 1. The van der Waals surface area contributed by atoms with Crippen LogP contribution in [0, 0.1) is 0 Å². The molecule has 4 heteroatoms. The molecule has 0 saturated carbocycles. The molecule has 0 aliphatic heterocycles. The predicted molar refractivity (Wildman–Crippen MR) is 53.0 cm³/mol. The van der Waals surface area contributed by atoms with Crippen molar-refractivity contribution in [2.24, 2.45) is 7.05 Å². The molecule has 0 radical (unpaired) electrons. The molecular weight excluding hydrogens is 168 g/mol. The Kier molecular flexibility index (Phi) is 4.80. The molecular formula is C9H16N2O2. The summed E-state index contributed by atoms with van der Waals surface area (Å²) < 4.78 is 1.07. The summed E-state index contributed by atoms with van der Waals surface area (Å²) in [5.41, 5.74) is 0.0514. The van der Waals surface area contributed by atoms with Crippen LogP contribution in [0.5, 0.6) is 0 Å². The summed E-state index contributed by atoms with van der Waals surface area (Å²) in [6.45, 7) is 5.87. The zero-order chi connectivity index (χ0) is 10.4. The molecule has 1 aromatic heterocycles. The first kappa shape index (κ1) is 11.7. The summed E-state index contributed by atoms with van der Waals surface area (Å²) >= 11 is 0. The van der Waals surface area contributed by atoms with Crippen molar-refractivity contribution in [1.29, 1.82) is 0 Å². The maximum Gasteiger partial charge on any atom is 0.328 e. The Hall–Kier alpha value is -1.32. The van der Waals surface area contributed by atoms with Gasteiger partial charge in [0.2, 0.25) is 0 Å². The van der Waals surface area contributed by atoms with E-state index >= 15 is 0 Å². The Morgan fingerprint density at radius 1 is 1.38 bits per heavy atom. The highest BCUT2D eigenvalue weighted by molar-refractivity contribution is 5.03. The van der Waals surface area contributed by atoms with Crippen LogP contribution in [0.15, 0.2) is 15.8 Å². The monoisotopic (exact) mass is 184 g/mol. The van der Waals surface area contributed by atoms with Crippen molar-refractivity contribution in [2.75, 3.05) is 0 Å². The number of nitrogens with zero attached hydrogens (tertiary/aromatic N) is 1. The molecule has 1 aromatic rings. The molecule has 13 heavy (non-hydrogen) atoms. The maximum atomic E-state index is 11.2. The molecule has 0 amide bonds. The second kappa shape index (κ2) is 5.35. The number of H-pyrrole nitrogens is 1. The van der Waals surface area contributed by atoms with E-state index in [4.69, 9.17) is 0 Å². The van der Waals surface area contributed by atoms with Crippen LogP contribution in [-0.2, 0) is 13.5 Å². The van der Waals surface area contributed by atoms with E-state index in [2.05, 4.69) is 4.98 Å². The van der Waals surface area contributed by atoms with E-state index in [0.29, 0.717) is 12.0 Å². The Labute approximate surface area is 77.2 Å². The van der Waals surface area contributed by atoms with Crippen LogP contribution in [0.1, 0.15) is 26.3 Å². The van der Waals surface area contributed by atoms with Crippen LogP contribution in [0.2, 0.25) is 0 Å². The molecule has 1 rings (SSSR count). The first-order chi connectivity index (χ1) is 6.16. The van der Waals surface area contributed by atoms with Crippen molar-refractivity contribution in [2.45, 2.75) is 27.2 Å². The minimum atomic E-state index is -0.368. The van der Waals surface area contributed by atoms with Crippen molar-refractivity contribution >= 4 is 0 Å². The molecule has 1 N–H and O–H groups in total. The summed E-state index contributed by atoms with van der Waals surface area (Å²) in [5, 5.41) is 0. The fourth-order valence-corrected chi connectivity index (χ4v) is 0.868. The van der Waals surface area contributed by atoms with E-state index in [1.54, 1.807) is 0 Å². The fraction of sp³-hybridized carbons (Fsp3) is 0.556. The number of aromatic amines is 1. The highest BCUT2D eigenvalue weighted by Gasteiger charge is 1.99. The molecule has 0 unspecified atom stereocenters. The van der Waals surface area contributed by atoms with Gasteiger partial charge < -0.3 is 4.98 Å². The molecule has 0 atom stereocenters. The van der Waals surface area contributed by atoms with Gasteiger partial charge in [-0.25, -0.2) is 4.79 Å². The van der Waals surface area contributed by atoms with E-state index in [9.17, 15) is 9.59 Å². The van der Waals surface area contributed by atoms with Crippen molar-refractivity contribution < 1.29 is 0 Å². The maximum absolute atomic E-state index is 11.2. The normalized spacial score (nSPS) is 8.92. The van der Waals surface area contributed by atoms with Crippen LogP contribution >= 0.6 is 0 Å². The zero-order valence-electron chi connectivity index (χ0n) is 8.55. The van der Waals surface area contributed by atoms with Gasteiger partial charge in [0, 0.05) is 18.8 Å². The van der Waals surface area contributed by atoms with Crippen molar-refractivity contribution in [3.63, 3.8) is 0 Å². The molecule has 0 aliphatic carbocycles. The van der Waals surface area contributed by atoms with Crippen LogP contribution in [0.3, 0.4) is 0 Å². The standard InChI is InChI=1S/C7H10N2O2.C2H6/c1-3-5-4-8-7(11)9(2)6(5)10;1-2/h4H,3H2,1-2H3,(H,8,11);1-2H3. The van der Waals surface area contributed by atoms with Crippen molar-refractivity contribution in [3.8, 4) is 0 Å². The van der Waals surface area contributed by atoms with Crippen molar-refractivity contribution in [3.05, 3.63) is 32.6 Å². The lowest BCUT2D eigenvalue weighted by Gasteiger charge is -1.97. The highest BCUT2D eigenvalue weighted by Crippen LogP contribution is 1.84. The number of rotatable bonds is 1. The molecule has 0 fully saturated rings. The van der Waals surface area contributed by atoms with Crippen LogP contribution in [0.25, 0.3) is 0 Å². The van der Waals surface area contributed by atoms with Gasteiger partial charge in [0.1, 0.15) is 0 Å². The van der Waals surface area contributed by atoms with E-state index in [1.807, 2.05) is 20.8 Å². The number of nitrogens with one attached hydrogen (secondary N) is 1. The average Bonchev–Trinajstić information content (AvgIpc) is 2.18. The highest BCUT2D eigenvalue weighted by atomic mass is 16.2. The van der Waals surface area contributed by atoms with Gasteiger partial charge >= 0.3 is 5.69 Å². The SMILES string of the molecule is CC.CCc1c[nH]c(=O)n(C)c1=O. The fourth-order valence-electron chi connectivity index (χ4n) is 0.868. The van der Waals surface area contributed by atoms with Crippen LogP contribution in [-0.4, -0.2) is 9.55 Å². The van der Waals surface area contributed by atoms with Gasteiger partial charge in [0.25, 0.3) is 5.56 Å². The van der Waals surface area contributed by atoms with Gasteiger partial charge in [0.05, 0.1) is 0 Å². The molecule has 4 nitrogen and oxygen atoms in total. The number of aryl methyl sites for hydroxylation is 1. The van der Waals surface area contributed by atoms with Crippen LogP contribution < -0.4 is 11.2 Å². The Balaban J connectivity index is 0.000000671. The second-order valence-electron chi connectivity index (χ2n) is 2.34. The first-order valence-electron chi connectivity index (χ1n) is 4.44. The number of hydrogen-bond acceptors (Lipinski definition) is 2.